The highest BCUT2D eigenvalue weighted by atomic mass is 16.7. The summed E-state index contributed by atoms with van der Waals surface area (Å²) in [6, 6.07) is 5.82. The Morgan fingerprint density at radius 2 is 2.11 bits per heavy atom. The fourth-order valence-corrected chi connectivity index (χ4v) is 2.40. The summed E-state index contributed by atoms with van der Waals surface area (Å²) in [4.78, 5) is 0. The predicted molar refractivity (Wildman–Crippen MR) is 73.3 cm³/mol. The van der Waals surface area contributed by atoms with E-state index < -0.39 is 0 Å². The molecule has 5 heteroatoms. The van der Waals surface area contributed by atoms with Crippen LogP contribution in [0.2, 0.25) is 0 Å². The van der Waals surface area contributed by atoms with Crippen LogP contribution in [0.5, 0.6) is 11.5 Å². The van der Waals surface area contributed by atoms with Crippen LogP contribution in [0.1, 0.15) is 25.3 Å². The zero-order valence-electron chi connectivity index (χ0n) is 11.3. The zero-order valence-corrected chi connectivity index (χ0v) is 11.3. The highest BCUT2D eigenvalue weighted by Gasteiger charge is 2.24. The lowest BCUT2D eigenvalue weighted by Crippen LogP contribution is -1.98. The second-order valence-electron chi connectivity index (χ2n) is 4.99. The summed E-state index contributed by atoms with van der Waals surface area (Å²) in [7, 11) is 1.83. The second-order valence-corrected chi connectivity index (χ2v) is 4.99. The van der Waals surface area contributed by atoms with Crippen LogP contribution in [0, 0.1) is 0 Å². The Bertz CT molecular complexity index is 612. The van der Waals surface area contributed by atoms with Gasteiger partial charge in [0, 0.05) is 24.2 Å². The Morgan fingerprint density at radius 1 is 1.32 bits per heavy atom. The van der Waals surface area contributed by atoms with Crippen molar-refractivity contribution in [3.05, 3.63) is 23.8 Å². The van der Waals surface area contributed by atoms with Crippen LogP contribution < -0.4 is 15.2 Å². The van der Waals surface area contributed by atoms with Crippen LogP contribution in [0.3, 0.4) is 0 Å². The average molecular weight is 259 g/mol. The van der Waals surface area contributed by atoms with E-state index >= 15 is 0 Å². The smallest absolute Gasteiger partial charge is 0.231 e. The van der Waals surface area contributed by atoms with Crippen LogP contribution in [-0.4, -0.2) is 16.6 Å². The number of nitrogens with zero attached hydrogens (tertiary/aromatic N) is 2. The maximum absolute atomic E-state index is 5.86. The standard InChI is InChI=1S/C14H17N3O2/c1-8(2)13-9(10-6-12(15)17(3)16-10)4-5-11-14(13)19-7-18-11/h4-6,8H,7,15H2,1-3H3. The van der Waals surface area contributed by atoms with E-state index in [2.05, 4.69) is 18.9 Å². The number of aromatic nitrogens is 2. The average Bonchev–Trinajstić information content (AvgIpc) is 2.95. The van der Waals surface area contributed by atoms with Crippen molar-refractivity contribution >= 4 is 5.82 Å². The zero-order chi connectivity index (χ0) is 13.6. The second kappa shape index (κ2) is 4.19. The van der Waals surface area contributed by atoms with E-state index in [1.54, 1.807) is 4.68 Å². The van der Waals surface area contributed by atoms with E-state index in [9.17, 15) is 0 Å². The van der Waals surface area contributed by atoms with Crippen molar-refractivity contribution in [2.45, 2.75) is 19.8 Å². The van der Waals surface area contributed by atoms with Crippen LogP contribution in [0.25, 0.3) is 11.3 Å². The molecule has 0 spiro atoms. The van der Waals surface area contributed by atoms with Crippen molar-refractivity contribution in [3.63, 3.8) is 0 Å². The van der Waals surface area contributed by atoms with Crippen molar-refractivity contribution in [2.75, 3.05) is 12.5 Å². The van der Waals surface area contributed by atoms with Gasteiger partial charge >= 0.3 is 0 Å². The quantitative estimate of drug-likeness (QED) is 0.900. The molecule has 0 fully saturated rings. The Morgan fingerprint density at radius 3 is 2.74 bits per heavy atom. The van der Waals surface area contributed by atoms with E-state index in [1.807, 2.05) is 25.2 Å². The van der Waals surface area contributed by atoms with Gasteiger partial charge in [-0.15, -0.1) is 0 Å². The summed E-state index contributed by atoms with van der Waals surface area (Å²) in [6.07, 6.45) is 0. The minimum absolute atomic E-state index is 0.281. The third-order valence-corrected chi connectivity index (χ3v) is 3.35. The number of aryl methyl sites for hydroxylation is 1. The lowest BCUT2D eigenvalue weighted by molar-refractivity contribution is 0.173. The van der Waals surface area contributed by atoms with E-state index in [-0.39, 0.29) is 6.79 Å². The van der Waals surface area contributed by atoms with E-state index in [4.69, 9.17) is 15.2 Å². The molecule has 0 saturated carbocycles. The molecule has 0 amide bonds. The minimum Gasteiger partial charge on any atom is -0.454 e. The van der Waals surface area contributed by atoms with Crippen molar-refractivity contribution < 1.29 is 9.47 Å². The van der Waals surface area contributed by atoms with Crippen molar-refractivity contribution in [2.24, 2.45) is 7.05 Å². The number of hydrogen-bond donors (Lipinski definition) is 1. The number of ether oxygens (including phenoxy) is 2. The SMILES string of the molecule is CC(C)c1c(-c2cc(N)n(C)n2)ccc2c1OCO2. The molecule has 0 bridgehead atoms. The first-order chi connectivity index (χ1) is 9.08. The Labute approximate surface area is 111 Å². The highest BCUT2D eigenvalue weighted by Crippen LogP contribution is 2.44. The summed E-state index contributed by atoms with van der Waals surface area (Å²) in [5.41, 5.74) is 8.89. The molecule has 0 unspecified atom stereocenters. The van der Waals surface area contributed by atoms with Crippen LogP contribution in [-0.2, 0) is 7.05 Å². The molecule has 19 heavy (non-hydrogen) atoms. The Balaban J connectivity index is 2.21. The molecule has 100 valence electrons. The monoisotopic (exact) mass is 259 g/mol. The minimum atomic E-state index is 0.281. The number of nitrogens with two attached hydrogens (primary N) is 1. The molecular formula is C14H17N3O2. The van der Waals surface area contributed by atoms with Crippen molar-refractivity contribution in [3.8, 4) is 22.8 Å². The summed E-state index contributed by atoms with van der Waals surface area (Å²) in [5, 5.41) is 4.44. The molecule has 2 aromatic rings. The third kappa shape index (κ3) is 1.82. The van der Waals surface area contributed by atoms with Gasteiger partial charge in [-0.2, -0.15) is 5.10 Å². The lowest BCUT2D eigenvalue weighted by atomic mass is 9.94. The number of fused-ring (bicyclic) bond motifs is 1. The van der Waals surface area contributed by atoms with E-state index in [0.717, 1.165) is 28.3 Å². The van der Waals surface area contributed by atoms with Gasteiger partial charge in [0.15, 0.2) is 11.5 Å². The lowest BCUT2D eigenvalue weighted by Gasteiger charge is -2.14. The normalized spacial score (nSPS) is 13.3. The summed E-state index contributed by atoms with van der Waals surface area (Å²) < 4.78 is 12.7. The largest absolute Gasteiger partial charge is 0.454 e. The maximum atomic E-state index is 5.86. The van der Waals surface area contributed by atoms with Crippen LogP contribution in [0.15, 0.2) is 18.2 Å². The van der Waals surface area contributed by atoms with Crippen molar-refractivity contribution in [1.29, 1.82) is 0 Å². The number of anilines is 1. The topological polar surface area (TPSA) is 62.3 Å². The van der Waals surface area contributed by atoms with Crippen molar-refractivity contribution in [1.82, 2.24) is 9.78 Å². The van der Waals surface area contributed by atoms with E-state index in [0.29, 0.717) is 11.7 Å². The molecule has 3 rings (SSSR count). The number of nitrogen functional groups attached to an aromatic ring is 1. The van der Waals surface area contributed by atoms with Gasteiger partial charge in [-0.1, -0.05) is 13.8 Å². The summed E-state index contributed by atoms with van der Waals surface area (Å²) in [5.74, 6) is 2.59. The fraction of sp³-hybridized carbons (Fsp3) is 0.357. The molecule has 0 radical (unpaired) electrons. The molecule has 5 nitrogen and oxygen atoms in total. The molecule has 0 aliphatic carbocycles. The van der Waals surface area contributed by atoms with Crippen LogP contribution in [0.4, 0.5) is 5.82 Å². The molecule has 1 aliphatic heterocycles. The van der Waals surface area contributed by atoms with Gasteiger partial charge in [-0.3, -0.25) is 4.68 Å². The fourth-order valence-electron chi connectivity index (χ4n) is 2.40. The van der Waals surface area contributed by atoms with Crippen LogP contribution >= 0.6 is 0 Å². The predicted octanol–water partition coefficient (Wildman–Crippen LogP) is 2.52. The summed E-state index contributed by atoms with van der Waals surface area (Å²) >= 11 is 0. The molecule has 0 atom stereocenters. The van der Waals surface area contributed by atoms with Gasteiger partial charge in [-0.25, -0.2) is 0 Å². The first-order valence-corrected chi connectivity index (χ1v) is 6.30. The third-order valence-electron chi connectivity index (χ3n) is 3.35. The number of benzene rings is 1. The van der Waals surface area contributed by atoms with Gasteiger partial charge in [0.05, 0.1) is 5.69 Å². The number of hydrogen-bond acceptors (Lipinski definition) is 4. The Kier molecular flexibility index (Phi) is 2.62. The molecule has 2 N–H and O–H groups in total. The first kappa shape index (κ1) is 11.9. The van der Waals surface area contributed by atoms with Gasteiger partial charge in [0.25, 0.3) is 0 Å². The Hall–Kier alpha value is -2.17. The first-order valence-electron chi connectivity index (χ1n) is 6.30. The molecule has 1 aromatic heterocycles. The maximum Gasteiger partial charge on any atom is 0.231 e. The highest BCUT2D eigenvalue weighted by molar-refractivity contribution is 5.72. The molecule has 1 aromatic carbocycles. The number of rotatable bonds is 2. The molecule has 0 saturated heterocycles. The van der Waals surface area contributed by atoms with Gasteiger partial charge in [-0.05, 0) is 18.1 Å². The summed E-state index contributed by atoms with van der Waals surface area (Å²) in [6.45, 7) is 4.54. The van der Waals surface area contributed by atoms with E-state index in [1.165, 1.54) is 0 Å². The molecular weight excluding hydrogens is 242 g/mol. The van der Waals surface area contributed by atoms with Gasteiger partial charge < -0.3 is 15.2 Å². The molecule has 1 aliphatic rings. The van der Waals surface area contributed by atoms with Gasteiger partial charge in [0.2, 0.25) is 6.79 Å². The molecule has 2 heterocycles. The van der Waals surface area contributed by atoms with Gasteiger partial charge in [0.1, 0.15) is 5.82 Å².